The normalized spacial score (nSPS) is 16.7. The Morgan fingerprint density at radius 1 is 1.30 bits per heavy atom. The van der Waals surface area contributed by atoms with E-state index >= 15 is 0 Å². The van der Waals surface area contributed by atoms with Gasteiger partial charge in [0, 0.05) is 5.92 Å². The van der Waals surface area contributed by atoms with Crippen molar-refractivity contribution >= 4 is 0 Å². The van der Waals surface area contributed by atoms with Crippen LogP contribution < -0.4 is 4.74 Å². The maximum Gasteiger partial charge on any atom is 0.119 e. The Morgan fingerprint density at radius 3 is 2.59 bits per heavy atom. The average molecular weight is 369 g/mol. The summed E-state index contributed by atoms with van der Waals surface area (Å²) in [6.07, 6.45) is 12.1. The van der Waals surface area contributed by atoms with Gasteiger partial charge in [-0.05, 0) is 68.2 Å². The van der Waals surface area contributed by atoms with Gasteiger partial charge in [-0.25, -0.2) is 0 Å². The average Bonchev–Trinajstić information content (AvgIpc) is 2.70. The largest absolute Gasteiger partial charge is 0.516 e. The van der Waals surface area contributed by atoms with Crippen molar-refractivity contribution in [1.29, 1.82) is 0 Å². The third kappa shape index (κ3) is 8.87. The number of aliphatic hydroxyl groups excluding tert-OH is 1. The molecule has 0 bridgehead atoms. The van der Waals surface area contributed by atoms with Crippen LogP contribution >= 0.6 is 0 Å². The fourth-order valence-corrected chi connectivity index (χ4v) is 3.47. The summed E-state index contributed by atoms with van der Waals surface area (Å²) in [7, 11) is 0. The minimum absolute atomic E-state index is 0.337. The van der Waals surface area contributed by atoms with Gasteiger partial charge in [-0.2, -0.15) is 0 Å². The molecule has 1 aromatic carbocycles. The molecule has 2 heteroatoms. The van der Waals surface area contributed by atoms with E-state index in [4.69, 9.17) is 9.84 Å². The van der Waals surface area contributed by atoms with Crippen molar-refractivity contribution in [2.24, 2.45) is 5.92 Å². The van der Waals surface area contributed by atoms with Gasteiger partial charge in [-0.3, -0.25) is 0 Å². The molecule has 0 saturated carbocycles. The molecule has 0 aliphatic heterocycles. The zero-order valence-corrected chi connectivity index (χ0v) is 17.3. The van der Waals surface area contributed by atoms with E-state index in [0.29, 0.717) is 5.92 Å². The van der Waals surface area contributed by atoms with E-state index in [1.807, 2.05) is 6.92 Å². The van der Waals surface area contributed by atoms with E-state index in [9.17, 15) is 0 Å². The Hall–Kier alpha value is -2.14. The molecule has 2 atom stereocenters. The summed E-state index contributed by atoms with van der Waals surface area (Å²) in [4.78, 5) is 0. The monoisotopic (exact) mass is 368 g/mol. The summed E-state index contributed by atoms with van der Waals surface area (Å²) in [6, 6.07) is 8.50. The highest BCUT2D eigenvalue weighted by Crippen LogP contribution is 2.28. The lowest BCUT2D eigenvalue weighted by Crippen LogP contribution is -2.10. The first-order valence-corrected chi connectivity index (χ1v) is 10.3. The minimum Gasteiger partial charge on any atom is -0.516 e. The third-order valence-corrected chi connectivity index (χ3v) is 4.91. The van der Waals surface area contributed by atoms with Crippen molar-refractivity contribution in [3.63, 3.8) is 0 Å². The van der Waals surface area contributed by atoms with E-state index < -0.39 is 0 Å². The Kier molecular flexibility index (Phi) is 11.9. The molecule has 2 nitrogen and oxygen atoms in total. The van der Waals surface area contributed by atoms with Gasteiger partial charge in [0.15, 0.2) is 0 Å². The van der Waals surface area contributed by atoms with Crippen molar-refractivity contribution in [2.75, 3.05) is 6.61 Å². The maximum absolute atomic E-state index is 7.33. The van der Waals surface area contributed by atoms with Crippen LogP contribution in [0.15, 0.2) is 48.8 Å². The molecule has 2 rings (SSSR count). The summed E-state index contributed by atoms with van der Waals surface area (Å²) in [6.45, 7) is 10.0. The van der Waals surface area contributed by atoms with Crippen LogP contribution in [0.5, 0.6) is 5.75 Å². The first kappa shape index (κ1) is 22.9. The molecule has 1 aliphatic carbocycles. The summed E-state index contributed by atoms with van der Waals surface area (Å²) < 4.78 is 6.02. The quantitative estimate of drug-likeness (QED) is 0.299. The van der Waals surface area contributed by atoms with Crippen LogP contribution in [0.3, 0.4) is 0 Å². The lowest BCUT2D eigenvalue weighted by atomic mass is 9.87. The molecular weight excluding hydrogens is 332 g/mol. The van der Waals surface area contributed by atoms with Gasteiger partial charge in [0.25, 0.3) is 0 Å². The predicted molar refractivity (Wildman–Crippen MR) is 116 cm³/mol. The summed E-state index contributed by atoms with van der Waals surface area (Å²) in [5, 5.41) is 7.33. The molecule has 0 amide bonds. The van der Waals surface area contributed by atoms with Crippen LogP contribution in [0.2, 0.25) is 0 Å². The van der Waals surface area contributed by atoms with Crippen LogP contribution in [0.1, 0.15) is 77.2 Å². The van der Waals surface area contributed by atoms with Crippen molar-refractivity contribution in [1.82, 2.24) is 0 Å². The van der Waals surface area contributed by atoms with Gasteiger partial charge >= 0.3 is 0 Å². The number of allylic oxidation sites excluding steroid dienone is 1. The summed E-state index contributed by atoms with van der Waals surface area (Å²) >= 11 is 0. The van der Waals surface area contributed by atoms with Gasteiger partial charge in [0.1, 0.15) is 12.4 Å². The van der Waals surface area contributed by atoms with Crippen LogP contribution in [0, 0.1) is 17.8 Å². The fraction of sp³-hybridized carbons (Fsp3) is 0.520. The Bertz CT molecular complexity index is 616. The van der Waals surface area contributed by atoms with Gasteiger partial charge < -0.3 is 9.84 Å². The van der Waals surface area contributed by atoms with E-state index in [2.05, 4.69) is 62.6 Å². The SMILES string of the molecule is C=CO.CC#CC(CC)c1ccc(OCC2=CC(CCCC)CCC2)cc1. The highest BCUT2D eigenvalue weighted by atomic mass is 16.5. The molecule has 148 valence electrons. The smallest absolute Gasteiger partial charge is 0.119 e. The highest BCUT2D eigenvalue weighted by Gasteiger charge is 2.13. The van der Waals surface area contributed by atoms with Crippen LogP contribution in [0.25, 0.3) is 0 Å². The van der Waals surface area contributed by atoms with Gasteiger partial charge in [0.05, 0.1) is 6.26 Å². The number of hydrogen-bond donors (Lipinski definition) is 1. The van der Waals surface area contributed by atoms with E-state index in [-0.39, 0.29) is 0 Å². The number of aliphatic hydroxyl groups is 1. The molecule has 1 aromatic rings. The standard InChI is InChI=1S/C23H32O.C2H4O/c1-4-7-10-19-11-8-12-20(17-19)18-24-23-15-13-22(14-16-23)21(6-3)9-5-2;1-2-3/h13-17,19,21H,4,6-8,10-12,18H2,1-3H3;2-3H,1H2. The first-order valence-electron chi connectivity index (χ1n) is 10.3. The van der Waals surface area contributed by atoms with E-state index in [0.717, 1.165) is 31.0 Å². The molecule has 2 unspecified atom stereocenters. The molecule has 0 fully saturated rings. The van der Waals surface area contributed by atoms with Crippen molar-refractivity contribution in [3.05, 3.63) is 54.3 Å². The Morgan fingerprint density at radius 2 is 2.00 bits per heavy atom. The van der Waals surface area contributed by atoms with Crippen molar-refractivity contribution in [3.8, 4) is 17.6 Å². The number of unbranched alkanes of at least 4 members (excludes halogenated alkanes) is 1. The lowest BCUT2D eigenvalue weighted by molar-refractivity contribution is 0.336. The number of benzene rings is 1. The zero-order valence-electron chi connectivity index (χ0n) is 17.3. The molecule has 0 heterocycles. The van der Waals surface area contributed by atoms with E-state index in [1.165, 1.54) is 49.7 Å². The second-order valence-electron chi connectivity index (χ2n) is 7.01. The minimum atomic E-state index is 0.337. The van der Waals surface area contributed by atoms with Crippen molar-refractivity contribution in [2.45, 2.75) is 71.6 Å². The highest BCUT2D eigenvalue weighted by molar-refractivity contribution is 5.33. The summed E-state index contributed by atoms with van der Waals surface area (Å²) in [5.41, 5.74) is 2.77. The van der Waals surface area contributed by atoms with E-state index in [1.54, 1.807) is 0 Å². The van der Waals surface area contributed by atoms with Crippen LogP contribution in [-0.4, -0.2) is 11.7 Å². The van der Waals surface area contributed by atoms with Crippen molar-refractivity contribution < 1.29 is 9.84 Å². The molecule has 0 spiro atoms. The number of rotatable bonds is 8. The lowest BCUT2D eigenvalue weighted by Gasteiger charge is -2.21. The molecule has 1 N–H and O–H groups in total. The zero-order chi connectivity index (χ0) is 19.9. The molecule has 0 saturated heterocycles. The predicted octanol–water partition coefficient (Wildman–Crippen LogP) is 7.19. The maximum atomic E-state index is 7.33. The Labute approximate surface area is 166 Å². The second-order valence-corrected chi connectivity index (χ2v) is 7.01. The molecular formula is C25H36O2. The number of hydrogen-bond acceptors (Lipinski definition) is 2. The third-order valence-electron chi connectivity index (χ3n) is 4.91. The molecule has 0 radical (unpaired) electrons. The Balaban J connectivity index is 0.00000114. The topological polar surface area (TPSA) is 29.5 Å². The molecule has 0 aromatic heterocycles. The number of ether oxygens (including phenoxy) is 1. The molecule has 1 aliphatic rings. The van der Waals surface area contributed by atoms with Gasteiger partial charge in [0.2, 0.25) is 0 Å². The second kappa shape index (κ2) is 14.0. The van der Waals surface area contributed by atoms with Gasteiger partial charge in [-0.1, -0.05) is 57.4 Å². The molecule has 27 heavy (non-hydrogen) atoms. The fourth-order valence-electron chi connectivity index (χ4n) is 3.47. The first-order chi connectivity index (χ1) is 13.2. The van der Waals surface area contributed by atoms with Crippen LogP contribution in [-0.2, 0) is 0 Å². The van der Waals surface area contributed by atoms with Crippen LogP contribution in [0.4, 0.5) is 0 Å². The van der Waals surface area contributed by atoms with Gasteiger partial charge in [-0.15, -0.1) is 5.92 Å². The summed E-state index contributed by atoms with van der Waals surface area (Å²) in [5.74, 6) is 8.38.